The summed E-state index contributed by atoms with van der Waals surface area (Å²) in [6.45, 7) is 0. The first kappa shape index (κ1) is 8.15. The van der Waals surface area contributed by atoms with E-state index in [0.717, 1.165) is 12.2 Å². The van der Waals surface area contributed by atoms with Gasteiger partial charge in [-0.2, -0.15) is 0 Å². The maximum absolute atomic E-state index is 3.32. The Labute approximate surface area is 73.2 Å². The van der Waals surface area contributed by atoms with Gasteiger partial charge in [0.25, 0.3) is 0 Å². The molecule has 0 unspecified atom stereocenters. The van der Waals surface area contributed by atoms with E-state index in [2.05, 4.69) is 39.1 Å². The van der Waals surface area contributed by atoms with Crippen molar-refractivity contribution >= 4 is 25.0 Å². The maximum atomic E-state index is 3.32. The molecule has 10 heavy (non-hydrogen) atoms. The molecule has 0 heterocycles. The summed E-state index contributed by atoms with van der Waals surface area (Å²) in [6.07, 6.45) is 1.15. The SMILES string of the molecule is BrSCCc1ccccc1. The molecule has 0 amide bonds. The third kappa shape index (κ3) is 2.76. The molecule has 0 radical (unpaired) electrons. The van der Waals surface area contributed by atoms with E-state index < -0.39 is 0 Å². The number of halogens is 1. The van der Waals surface area contributed by atoms with Crippen molar-refractivity contribution in [3.05, 3.63) is 35.9 Å². The van der Waals surface area contributed by atoms with Crippen LogP contribution in [-0.4, -0.2) is 5.75 Å². The highest BCUT2D eigenvalue weighted by Gasteiger charge is 1.88. The maximum Gasteiger partial charge on any atom is 0.00830 e. The molecule has 0 aromatic heterocycles. The molecule has 0 saturated heterocycles. The van der Waals surface area contributed by atoms with Gasteiger partial charge in [-0.1, -0.05) is 40.5 Å². The van der Waals surface area contributed by atoms with Gasteiger partial charge in [0.15, 0.2) is 0 Å². The molecular formula is C8H9BrS. The third-order valence-corrected chi connectivity index (χ3v) is 2.64. The fourth-order valence-electron chi connectivity index (χ4n) is 0.801. The van der Waals surface area contributed by atoms with Gasteiger partial charge in [0.05, 0.1) is 0 Å². The van der Waals surface area contributed by atoms with Gasteiger partial charge in [-0.3, -0.25) is 0 Å². The van der Waals surface area contributed by atoms with Crippen molar-refractivity contribution in [2.75, 3.05) is 5.75 Å². The normalized spacial score (nSPS) is 9.70. The van der Waals surface area contributed by atoms with Gasteiger partial charge in [-0.25, -0.2) is 0 Å². The summed E-state index contributed by atoms with van der Waals surface area (Å²) in [4.78, 5) is 0. The molecule has 2 heteroatoms. The number of aryl methyl sites for hydroxylation is 1. The first-order chi connectivity index (χ1) is 4.93. The number of benzene rings is 1. The molecule has 0 aliphatic rings. The zero-order chi connectivity index (χ0) is 7.23. The van der Waals surface area contributed by atoms with Gasteiger partial charge in [0.2, 0.25) is 0 Å². The molecule has 1 aromatic carbocycles. The van der Waals surface area contributed by atoms with Gasteiger partial charge in [0.1, 0.15) is 0 Å². The molecule has 0 spiro atoms. The lowest BCUT2D eigenvalue weighted by Crippen LogP contribution is -1.84. The number of hydrogen-bond acceptors (Lipinski definition) is 1. The Kier molecular flexibility index (Phi) is 3.91. The molecule has 0 saturated carbocycles. The second-order valence-corrected chi connectivity index (χ2v) is 4.05. The largest absolute Gasteiger partial charge is 0.0832 e. The lowest BCUT2D eigenvalue weighted by atomic mass is 10.2. The van der Waals surface area contributed by atoms with Crippen LogP contribution in [0, 0.1) is 0 Å². The van der Waals surface area contributed by atoms with Gasteiger partial charge < -0.3 is 0 Å². The van der Waals surface area contributed by atoms with Crippen LogP contribution in [0.3, 0.4) is 0 Å². The summed E-state index contributed by atoms with van der Waals surface area (Å²) in [7, 11) is 1.71. The second kappa shape index (κ2) is 4.80. The van der Waals surface area contributed by atoms with E-state index in [1.807, 2.05) is 6.07 Å². The third-order valence-electron chi connectivity index (χ3n) is 1.31. The van der Waals surface area contributed by atoms with Crippen LogP contribution in [0.1, 0.15) is 5.56 Å². The average molecular weight is 217 g/mol. The molecule has 1 rings (SSSR count). The molecular weight excluding hydrogens is 208 g/mol. The first-order valence-corrected chi connectivity index (χ1v) is 6.04. The molecule has 54 valence electrons. The van der Waals surface area contributed by atoms with E-state index >= 15 is 0 Å². The minimum atomic E-state index is 1.14. The Morgan fingerprint density at radius 3 is 2.50 bits per heavy atom. The fourth-order valence-corrected chi connectivity index (χ4v) is 1.60. The molecule has 0 bridgehead atoms. The van der Waals surface area contributed by atoms with Crippen LogP contribution in [0.4, 0.5) is 0 Å². The van der Waals surface area contributed by atoms with Crippen LogP contribution >= 0.6 is 25.0 Å². The van der Waals surface area contributed by atoms with E-state index in [0.29, 0.717) is 0 Å². The quantitative estimate of drug-likeness (QED) is 0.748. The van der Waals surface area contributed by atoms with Crippen LogP contribution in [-0.2, 0) is 6.42 Å². The van der Waals surface area contributed by atoms with E-state index in [9.17, 15) is 0 Å². The summed E-state index contributed by atoms with van der Waals surface area (Å²) < 4.78 is 0. The van der Waals surface area contributed by atoms with E-state index in [1.54, 1.807) is 10.2 Å². The highest BCUT2D eigenvalue weighted by Crippen LogP contribution is 2.12. The van der Waals surface area contributed by atoms with Crippen molar-refractivity contribution in [3.8, 4) is 0 Å². The average Bonchev–Trinajstić information content (AvgIpc) is 2.03. The molecule has 0 aliphatic heterocycles. The first-order valence-electron chi connectivity index (χ1n) is 3.21. The molecule has 0 aliphatic carbocycles. The van der Waals surface area contributed by atoms with Crippen molar-refractivity contribution in [1.29, 1.82) is 0 Å². The monoisotopic (exact) mass is 216 g/mol. The summed E-state index contributed by atoms with van der Waals surface area (Å²) in [6, 6.07) is 10.5. The predicted molar refractivity (Wildman–Crippen MR) is 51.5 cm³/mol. The zero-order valence-electron chi connectivity index (χ0n) is 5.59. The Bertz CT molecular complexity index is 174. The van der Waals surface area contributed by atoms with Crippen molar-refractivity contribution < 1.29 is 0 Å². The van der Waals surface area contributed by atoms with Crippen LogP contribution in [0.25, 0.3) is 0 Å². The van der Waals surface area contributed by atoms with Gasteiger partial charge in [-0.05, 0) is 26.8 Å². The Hall–Kier alpha value is 0.0500. The van der Waals surface area contributed by atoms with Crippen molar-refractivity contribution in [3.63, 3.8) is 0 Å². The van der Waals surface area contributed by atoms with E-state index in [1.165, 1.54) is 5.56 Å². The Morgan fingerprint density at radius 1 is 1.20 bits per heavy atom. The highest BCUT2D eigenvalue weighted by atomic mass is 79.9. The van der Waals surface area contributed by atoms with Crippen molar-refractivity contribution in [2.24, 2.45) is 0 Å². The van der Waals surface area contributed by atoms with Crippen molar-refractivity contribution in [1.82, 2.24) is 0 Å². The topological polar surface area (TPSA) is 0 Å². The standard InChI is InChI=1S/C8H9BrS/c9-10-7-6-8-4-2-1-3-5-8/h1-5H,6-7H2. The van der Waals surface area contributed by atoms with E-state index in [4.69, 9.17) is 0 Å². The molecule has 0 atom stereocenters. The van der Waals surface area contributed by atoms with Gasteiger partial charge in [-0.15, -0.1) is 0 Å². The zero-order valence-corrected chi connectivity index (χ0v) is 7.99. The Balaban J connectivity index is 2.43. The van der Waals surface area contributed by atoms with Gasteiger partial charge in [0, 0.05) is 5.75 Å². The Morgan fingerprint density at radius 2 is 1.90 bits per heavy atom. The summed E-state index contributed by atoms with van der Waals surface area (Å²) >= 11 is 3.32. The summed E-state index contributed by atoms with van der Waals surface area (Å²) in [5, 5.41) is 0. The predicted octanol–water partition coefficient (Wildman–Crippen LogP) is 3.27. The summed E-state index contributed by atoms with van der Waals surface area (Å²) in [5.74, 6) is 1.14. The fraction of sp³-hybridized carbons (Fsp3) is 0.250. The number of rotatable bonds is 3. The second-order valence-electron chi connectivity index (χ2n) is 2.05. The number of hydrogen-bond donors (Lipinski definition) is 0. The lowest BCUT2D eigenvalue weighted by molar-refractivity contribution is 1.16. The molecule has 0 nitrogen and oxygen atoms in total. The van der Waals surface area contributed by atoms with Crippen LogP contribution in [0.15, 0.2) is 30.3 Å². The van der Waals surface area contributed by atoms with Gasteiger partial charge >= 0.3 is 0 Å². The van der Waals surface area contributed by atoms with Crippen LogP contribution in [0.2, 0.25) is 0 Å². The molecule has 0 fully saturated rings. The molecule has 0 N–H and O–H groups in total. The van der Waals surface area contributed by atoms with Crippen LogP contribution < -0.4 is 0 Å². The minimum Gasteiger partial charge on any atom is -0.0832 e. The smallest absolute Gasteiger partial charge is 0.00830 e. The minimum absolute atomic E-state index is 1.14. The summed E-state index contributed by atoms with van der Waals surface area (Å²) in [5.41, 5.74) is 1.41. The lowest BCUT2D eigenvalue weighted by Gasteiger charge is -1.95. The molecule has 1 aromatic rings. The van der Waals surface area contributed by atoms with Crippen molar-refractivity contribution in [2.45, 2.75) is 6.42 Å². The van der Waals surface area contributed by atoms with E-state index in [-0.39, 0.29) is 0 Å². The highest BCUT2D eigenvalue weighted by molar-refractivity contribution is 9.50. The van der Waals surface area contributed by atoms with Crippen LogP contribution in [0.5, 0.6) is 0 Å².